The lowest BCUT2D eigenvalue weighted by Crippen LogP contribution is -2.22. The van der Waals surface area contributed by atoms with Crippen LogP contribution in [0.5, 0.6) is 5.75 Å². The number of ether oxygens (including phenoxy) is 1. The first-order valence-electron chi connectivity index (χ1n) is 8.85. The predicted molar refractivity (Wildman–Crippen MR) is 103 cm³/mol. The normalized spacial score (nSPS) is 10.8. The van der Waals surface area contributed by atoms with Crippen LogP contribution in [0.1, 0.15) is 23.6 Å². The SMILES string of the molecule is CCN(Cc1ccccc1)Cc1cccc(OCc2ccccc2)c1. The summed E-state index contributed by atoms with van der Waals surface area (Å²) in [6.07, 6.45) is 0. The first-order chi connectivity index (χ1) is 12.3. The average molecular weight is 331 g/mol. The van der Waals surface area contributed by atoms with E-state index in [9.17, 15) is 0 Å². The van der Waals surface area contributed by atoms with Gasteiger partial charge in [0.15, 0.2) is 0 Å². The van der Waals surface area contributed by atoms with Crippen LogP contribution >= 0.6 is 0 Å². The Hall–Kier alpha value is -2.58. The average Bonchev–Trinajstić information content (AvgIpc) is 2.68. The van der Waals surface area contributed by atoms with Crippen molar-refractivity contribution in [1.29, 1.82) is 0 Å². The lowest BCUT2D eigenvalue weighted by Gasteiger charge is -2.21. The van der Waals surface area contributed by atoms with Crippen LogP contribution in [-0.4, -0.2) is 11.4 Å². The van der Waals surface area contributed by atoms with Crippen molar-refractivity contribution in [1.82, 2.24) is 4.90 Å². The fourth-order valence-corrected chi connectivity index (χ4v) is 2.85. The number of benzene rings is 3. The van der Waals surface area contributed by atoms with Gasteiger partial charge < -0.3 is 4.74 Å². The summed E-state index contributed by atoms with van der Waals surface area (Å²) in [4.78, 5) is 2.44. The molecular weight excluding hydrogens is 306 g/mol. The number of nitrogens with zero attached hydrogens (tertiary/aromatic N) is 1. The Kier molecular flexibility index (Phi) is 6.24. The van der Waals surface area contributed by atoms with E-state index in [0.717, 1.165) is 25.4 Å². The van der Waals surface area contributed by atoms with Gasteiger partial charge in [-0.1, -0.05) is 79.7 Å². The largest absolute Gasteiger partial charge is 0.489 e. The topological polar surface area (TPSA) is 12.5 Å². The summed E-state index contributed by atoms with van der Waals surface area (Å²) >= 11 is 0. The first-order valence-corrected chi connectivity index (χ1v) is 8.85. The summed E-state index contributed by atoms with van der Waals surface area (Å²) in [5.41, 5.74) is 3.82. The molecule has 0 bridgehead atoms. The van der Waals surface area contributed by atoms with Gasteiger partial charge in [-0.2, -0.15) is 0 Å². The highest BCUT2D eigenvalue weighted by Crippen LogP contribution is 2.17. The minimum atomic E-state index is 0.603. The molecule has 0 aliphatic rings. The Morgan fingerprint density at radius 2 is 1.28 bits per heavy atom. The van der Waals surface area contributed by atoms with Crippen molar-refractivity contribution >= 4 is 0 Å². The van der Waals surface area contributed by atoms with Crippen molar-refractivity contribution in [3.63, 3.8) is 0 Å². The Balaban J connectivity index is 1.60. The van der Waals surface area contributed by atoms with Gasteiger partial charge in [0.2, 0.25) is 0 Å². The van der Waals surface area contributed by atoms with Gasteiger partial charge in [-0.05, 0) is 35.4 Å². The highest BCUT2D eigenvalue weighted by Gasteiger charge is 2.06. The van der Waals surface area contributed by atoms with E-state index in [2.05, 4.69) is 72.5 Å². The summed E-state index contributed by atoms with van der Waals surface area (Å²) in [5.74, 6) is 0.928. The lowest BCUT2D eigenvalue weighted by atomic mass is 10.1. The minimum absolute atomic E-state index is 0.603. The maximum absolute atomic E-state index is 5.95. The molecule has 3 aromatic rings. The number of hydrogen-bond acceptors (Lipinski definition) is 2. The molecule has 0 amide bonds. The zero-order valence-corrected chi connectivity index (χ0v) is 14.8. The maximum atomic E-state index is 5.95. The predicted octanol–water partition coefficient (Wildman–Crippen LogP) is 5.29. The Morgan fingerprint density at radius 3 is 1.96 bits per heavy atom. The van der Waals surface area contributed by atoms with Crippen molar-refractivity contribution < 1.29 is 4.74 Å². The van der Waals surface area contributed by atoms with E-state index in [4.69, 9.17) is 4.74 Å². The summed E-state index contributed by atoms with van der Waals surface area (Å²) in [6.45, 7) is 5.72. The third kappa shape index (κ3) is 5.47. The highest BCUT2D eigenvalue weighted by atomic mass is 16.5. The Morgan fingerprint density at radius 1 is 0.680 bits per heavy atom. The first kappa shape index (κ1) is 17.2. The zero-order valence-electron chi connectivity index (χ0n) is 14.8. The van der Waals surface area contributed by atoms with E-state index < -0.39 is 0 Å². The molecule has 0 aromatic heterocycles. The molecule has 0 heterocycles. The molecule has 2 nitrogen and oxygen atoms in total. The quantitative estimate of drug-likeness (QED) is 0.556. The Bertz CT molecular complexity index is 755. The fraction of sp³-hybridized carbons (Fsp3) is 0.217. The van der Waals surface area contributed by atoms with Gasteiger partial charge in [0.1, 0.15) is 12.4 Å². The maximum Gasteiger partial charge on any atom is 0.120 e. The molecule has 25 heavy (non-hydrogen) atoms. The van der Waals surface area contributed by atoms with E-state index in [1.54, 1.807) is 0 Å². The van der Waals surface area contributed by atoms with E-state index in [-0.39, 0.29) is 0 Å². The van der Waals surface area contributed by atoms with Crippen molar-refractivity contribution in [3.8, 4) is 5.75 Å². The molecule has 0 atom stereocenters. The molecule has 0 fully saturated rings. The standard InChI is InChI=1S/C23H25NO/c1-2-24(17-20-10-5-3-6-11-20)18-22-14-9-15-23(16-22)25-19-21-12-7-4-8-13-21/h3-16H,2,17-19H2,1H3. The second-order valence-electron chi connectivity index (χ2n) is 6.21. The molecule has 0 unspecified atom stereocenters. The van der Waals surface area contributed by atoms with Crippen LogP contribution in [-0.2, 0) is 19.7 Å². The van der Waals surface area contributed by atoms with Crippen molar-refractivity contribution in [2.45, 2.75) is 26.6 Å². The summed E-state index contributed by atoms with van der Waals surface area (Å²) in [7, 11) is 0. The summed E-state index contributed by atoms with van der Waals surface area (Å²) in [6, 6.07) is 29.3. The van der Waals surface area contributed by atoms with E-state index in [1.165, 1.54) is 16.7 Å². The molecule has 0 radical (unpaired) electrons. The molecule has 2 heteroatoms. The van der Waals surface area contributed by atoms with Crippen LogP contribution in [0.25, 0.3) is 0 Å². The molecule has 0 saturated carbocycles. The van der Waals surface area contributed by atoms with E-state index >= 15 is 0 Å². The van der Waals surface area contributed by atoms with Gasteiger partial charge in [-0.3, -0.25) is 4.90 Å². The van der Waals surface area contributed by atoms with E-state index in [0.29, 0.717) is 6.61 Å². The molecular formula is C23H25NO. The molecule has 3 aromatic carbocycles. The molecule has 0 spiro atoms. The minimum Gasteiger partial charge on any atom is -0.489 e. The molecule has 0 aliphatic carbocycles. The van der Waals surface area contributed by atoms with Crippen LogP contribution < -0.4 is 4.74 Å². The molecule has 0 aliphatic heterocycles. The second-order valence-corrected chi connectivity index (χ2v) is 6.21. The third-order valence-electron chi connectivity index (χ3n) is 4.25. The fourth-order valence-electron chi connectivity index (χ4n) is 2.85. The molecule has 128 valence electrons. The number of rotatable bonds is 8. The van der Waals surface area contributed by atoms with Gasteiger partial charge in [0, 0.05) is 13.1 Å². The van der Waals surface area contributed by atoms with Crippen LogP contribution in [0.4, 0.5) is 0 Å². The molecule has 3 rings (SSSR count). The van der Waals surface area contributed by atoms with Crippen molar-refractivity contribution in [2.24, 2.45) is 0 Å². The third-order valence-corrected chi connectivity index (χ3v) is 4.25. The van der Waals surface area contributed by atoms with Crippen LogP contribution in [0.15, 0.2) is 84.9 Å². The van der Waals surface area contributed by atoms with Crippen LogP contribution in [0.3, 0.4) is 0 Å². The van der Waals surface area contributed by atoms with E-state index in [1.807, 2.05) is 24.3 Å². The Labute approximate surface area is 150 Å². The summed E-state index contributed by atoms with van der Waals surface area (Å²) in [5, 5.41) is 0. The van der Waals surface area contributed by atoms with Gasteiger partial charge in [0.25, 0.3) is 0 Å². The lowest BCUT2D eigenvalue weighted by molar-refractivity contribution is 0.269. The zero-order chi connectivity index (χ0) is 17.3. The smallest absolute Gasteiger partial charge is 0.120 e. The van der Waals surface area contributed by atoms with Gasteiger partial charge >= 0.3 is 0 Å². The van der Waals surface area contributed by atoms with Crippen LogP contribution in [0.2, 0.25) is 0 Å². The van der Waals surface area contributed by atoms with Gasteiger partial charge in [-0.15, -0.1) is 0 Å². The number of hydrogen-bond donors (Lipinski definition) is 0. The summed E-state index contributed by atoms with van der Waals surface area (Å²) < 4.78 is 5.95. The van der Waals surface area contributed by atoms with Crippen LogP contribution in [0, 0.1) is 0 Å². The molecule has 0 saturated heterocycles. The monoisotopic (exact) mass is 331 g/mol. The van der Waals surface area contributed by atoms with Crippen molar-refractivity contribution in [3.05, 3.63) is 102 Å². The second kappa shape index (κ2) is 9.05. The highest BCUT2D eigenvalue weighted by molar-refractivity contribution is 5.29. The van der Waals surface area contributed by atoms with Gasteiger partial charge in [0.05, 0.1) is 0 Å². The molecule has 0 N–H and O–H groups in total. The van der Waals surface area contributed by atoms with Crippen molar-refractivity contribution in [2.75, 3.05) is 6.54 Å². The van der Waals surface area contributed by atoms with Gasteiger partial charge in [-0.25, -0.2) is 0 Å².